The van der Waals surface area contributed by atoms with Gasteiger partial charge >= 0.3 is 0 Å². The number of nitrogens with zero attached hydrogens (tertiary/aromatic N) is 3. The third kappa shape index (κ3) is 5.07. The fraction of sp³-hybridized carbons (Fsp3) is 0.211. The van der Waals surface area contributed by atoms with Gasteiger partial charge in [-0.05, 0) is 30.7 Å². The average Bonchev–Trinajstić information content (AvgIpc) is 3.15. The number of pyridine rings is 1. The lowest BCUT2D eigenvalue weighted by Crippen LogP contribution is -2.36. The second-order valence-corrected chi connectivity index (χ2v) is 5.94. The Morgan fingerprint density at radius 2 is 2.00 bits per heavy atom. The van der Waals surface area contributed by atoms with Gasteiger partial charge < -0.3 is 15.1 Å². The first-order chi connectivity index (χ1) is 12.7. The lowest BCUT2D eigenvalue weighted by Gasteiger charge is -2.09. The van der Waals surface area contributed by atoms with E-state index in [1.165, 1.54) is 0 Å². The van der Waals surface area contributed by atoms with E-state index < -0.39 is 0 Å². The molecule has 7 heteroatoms. The number of rotatable bonds is 6. The number of aliphatic imine (C=N–C) groups is 1. The fourth-order valence-electron chi connectivity index (χ4n) is 2.29. The van der Waals surface area contributed by atoms with Gasteiger partial charge in [0.15, 0.2) is 5.96 Å². The van der Waals surface area contributed by atoms with Gasteiger partial charge in [0.1, 0.15) is 11.4 Å². The molecular weight excluding hydrogens is 350 g/mol. The minimum atomic E-state index is 0.475. The summed E-state index contributed by atoms with van der Waals surface area (Å²) < 4.78 is 5.55. The molecule has 0 aliphatic carbocycles. The van der Waals surface area contributed by atoms with Crippen molar-refractivity contribution in [2.75, 3.05) is 6.54 Å². The van der Waals surface area contributed by atoms with Gasteiger partial charge in [-0.1, -0.05) is 35.9 Å². The Bertz CT molecular complexity index is 846. The van der Waals surface area contributed by atoms with Gasteiger partial charge in [-0.2, -0.15) is 0 Å². The van der Waals surface area contributed by atoms with E-state index in [9.17, 15) is 0 Å². The molecule has 2 N–H and O–H groups in total. The van der Waals surface area contributed by atoms with Crippen molar-refractivity contribution in [1.29, 1.82) is 0 Å². The highest BCUT2D eigenvalue weighted by molar-refractivity contribution is 6.29. The molecule has 0 radical (unpaired) electrons. The summed E-state index contributed by atoms with van der Waals surface area (Å²) in [4.78, 5) is 13.1. The predicted molar refractivity (Wildman–Crippen MR) is 103 cm³/mol. The zero-order valence-corrected chi connectivity index (χ0v) is 15.2. The van der Waals surface area contributed by atoms with E-state index in [2.05, 4.69) is 25.6 Å². The summed E-state index contributed by atoms with van der Waals surface area (Å²) in [6.45, 7) is 3.80. The second-order valence-electron chi connectivity index (χ2n) is 5.55. The molecule has 26 heavy (non-hydrogen) atoms. The Hall–Kier alpha value is -2.86. The summed E-state index contributed by atoms with van der Waals surface area (Å²) in [5, 5.41) is 6.94. The van der Waals surface area contributed by atoms with E-state index >= 15 is 0 Å². The minimum absolute atomic E-state index is 0.475. The van der Waals surface area contributed by atoms with Gasteiger partial charge in [-0.15, -0.1) is 0 Å². The first-order valence-corrected chi connectivity index (χ1v) is 8.75. The van der Waals surface area contributed by atoms with Crippen LogP contribution in [0.25, 0.3) is 11.5 Å². The largest absolute Gasteiger partial charge is 0.444 e. The third-order valence-electron chi connectivity index (χ3n) is 3.56. The maximum Gasteiger partial charge on any atom is 0.226 e. The summed E-state index contributed by atoms with van der Waals surface area (Å²) in [7, 11) is 0. The number of aromatic nitrogens is 2. The lowest BCUT2D eigenvalue weighted by atomic mass is 10.2. The lowest BCUT2D eigenvalue weighted by molar-refractivity contribution is 0.572. The number of halogens is 1. The fourth-order valence-corrected chi connectivity index (χ4v) is 2.40. The molecule has 0 unspecified atom stereocenters. The van der Waals surface area contributed by atoms with Gasteiger partial charge in [0.05, 0.1) is 18.8 Å². The molecule has 1 aromatic carbocycles. The van der Waals surface area contributed by atoms with Crippen molar-refractivity contribution in [2.45, 2.75) is 20.0 Å². The zero-order chi connectivity index (χ0) is 18.2. The molecule has 134 valence electrons. The highest BCUT2D eigenvalue weighted by Gasteiger charge is 2.07. The van der Waals surface area contributed by atoms with Crippen LogP contribution < -0.4 is 10.6 Å². The maximum absolute atomic E-state index is 5.80. The van der Waals surface area contributed by atoms with Crippen LogP contribution in [0.3, 0.4) is 0 Å². The molecule has 3 aromatic rings. The highest BCUT2D eigenvalue weighted by atomic mass is 35.5. The molecular formula is C19H20ClN5O. The van der Waals surface area contributed by atoms with E-state index in [0.29, 0.717) is 30.1 Å². The van der Waals surface area contributed by atoms with Crippen molar-refractivity contribution in [3.8, 4) is 11.5 Å². The van der Waals surface area contributed by atoms with Gasteiger partial charge in [0.25, 0.3) is 0 Å². The molecule has 2 aromatic heterocycles. The Kier molecular flexibility index (Phi) is 6.22. The molecule has 0 bridgehead atoms. The second kappa shape index (κ2) is 9.01. The molecule has 0 spiro atoms. The number of oxazole rings is 1. The van der Waals surface area contributed by atoms with Crippen LogP contribution in [0.15, 0.2) is 64.3 Å². The van der Waals surface area contributed by atoms with Gasteiger partial charge in [0.2, 0.25) is 5.89 Å². The summed E-state index contributed by atoms with van der Waals surface area (Å²) >= 11 is 5.80. The van der Waals surface area contributed by atoms with Crippen LogP contribution in [0.1, 0.15) is 18.2 Å². The molecule has 3 rings (SSSR count). The van der Waals surface area contributed by atoms with Crippen LogP contribution in [0.2, 0.25) is 5.15 Å². The Morgan fingerprint density at radius 1 is 1.15 bits per heavy atom. The van der Waals surface area contributed by atoms with Crippen molar-refractivity contribution in [3.05, 3.63) is 71.3 Å². The zero-order valence-electron chi connectivity index (χ0n) is 14.4. The Balaban J connectivity index is 1.61. The van der Waals surface area contributed by atoms with Crippen LogP contribution in [-0.2, 0) is 13.1 Å². The Labute approximate surface area is 157 Å². The van der Waals surface area contributed by atoms with Crippen LogP contribution >= 0.6 is 11.6 Å². The molecule has 0 amide bonds. The number of guanidine groups is 1. The van der Waals surface area contributed by atoms with Gasteiger partial charge in [0, 0.05) is 18.3 Å². The smallest absolute Gasteiger partial charge is 0.226 e. The Morgan fingerprint density at radius 3 is 2.73 bits per heavy atom. The normalized spacial score (nSPS) is 11.4. The van der Waals surface area contributed by atoms with Crippen LogP contribution in [0.4, 0.5) is 0 Å². The molecule has 0 aliphatic heterocycles. The first kappa shape index (κ1) is 17.9. The molecule has 0 fully saturated rings. The van der Waals surface area contributed by atoms with E-state index in [0.717, 1.165) is 23.4 Å². The highest BCUT2D eigenvalue weighted by Crippen LogP contribution is 2.17. The minimum Gasteiger partial charge on any atom is -0.444 e. The van der Waals surface area contributed by atoms with Crippen molar-refractivity contribution in [1.82, 2.24) is 20.6 Å². The monoisotopic (exact) mass is 369 g/mol. The summed E-state index contributed by atoms with van der Waals surface area (Å²) in [5.74, 6) is 1.31. The molecule has 6 nitrogen and oxygen atoms in total. The van der Waals surface area contributed by atoms with Crippen LogP contribution in [0.5, 0.6) is 0 Å². The summed E-state index contributed by atoms with van der Waals surface area (Å²) in [5.41, 5.74) is 2.75. The standard InChI is InChI=1S/C19H20ClN5O/c1-2-21-19(23-11-14-8-9-17(20)22-10-14)24-12-16-13-26-18(25-16)15-6-4-3-5-7-15/h3-10,13H,2,11-12H2,1H3,(H2,21,23,24). The van der Waals surface area contributed by atoms with Crippen molar-refractivity contribution in [3.63, 3.8) is 0 Å². The topological polar surface area (TPSA) is 75.3 Å². The number of benzene rings is 1. The van der Waals surface area contributed by atoms with Crippen LogP contribution in [0, 0.1) is 0 Å². The van der Waals surface area contributed by atoms with E-state index in [1.54, 1.807) is 18.5 Å². The molecule has 0 aliphatic rings. The number of hydrogen-bond acceptors (Lipinski definition) is 4. The SMILES string of the molecule is CCNC(=NCc1ccc(Cl)nc1)NCc1coc(-c2ccccc2)n1. The van der Waals surface area contributed by atoms with Gasteiger partial charge in [-0.3, -0.25) is 0 Å². The predicted octanol–water partition coefficient (Wildman–Crippen LogP) is 3.65. The molecule has 0 saturated carbocycles. The summed E-state index contributed by atoms with van der Waals surface area (Å²) in [6.07, 6.45) is 3.38. The van der Waals surface area contributed by atoms with Crippen molar-refractivity contribution < 1.29 is 4.42 Å². The third-order valence-corrected chi connectivity index (χ3v) is 3.79. The maximum atomic E-state index is 5.80. The number of nitrogens with one attached hydrogen (secondary N) is 2. The van der Waals surface area contributed by atoms with Crippen LogP contribution in [-0.4, -0.2) is 22.5 Å². The van der Waals surface area contributed by atoms with Gasteiger partial charge in [-0.25, -0.2) is 15.0 Å². The quantitative estimate of drug-likeness (QED) is 0.394. The number of hydrogen-bond donors (Lipinski definition) is 2. The van der Waals surface area contributed by atoms with Crippen molar-refractivity contribution in [2.24, 2.45) is 4.99 Å². The summed E-state index contributed by atoms with van der Waals surface area (Å²) in [6, 6.07) is 13.5. The molecule has 2 heterocycles. The average molecular weight is 370 g/mol. The van der Waals surface area contributed by atoms with E-state index in [1.807, 2.05) is 43.3 Å². The molecule has 0 saturated heterocycles. The van der Waals surface area contributed by atoms with E-state index in [-0.39, 0.29) is 0 Å². The van der Waals surface area contributed by atoms with Crippen molar-refractivity contribution >= 4 is 17.6 Å². The molecule has 0 atom stereocenters. The van der Waals surface area contributed by atoms with E-state index in [4.69, 9.17) is 16.0 Å². The first-order valence-electron chi connectivity index (χ1n) is 8.37.